The Kier molecular flexibility index (Phi) is 4.20. The summed E-state index contributed by atoms with van der Waals surface area (Å²) in [5, 5.41) is 8.43. The zero-order chi connectivity index (χ0) is 16.4. The minimum absolute atomic E-state index is 0.124. The molecule has 1 saturated heterocycles. The van der Waals surface area contributed by atoms with E-state index in [1.165, 1.54) is 11.8 Å². The molecule has 124 valence electrons. The van der Waals surface area contributed by atoms with Gasteiger partial charge in [-0.25, -0.2) is 9.67 Å². The van der Waals surface area contributed by atoms with Crippen LogP contribution in [0.2, 0.25) is 0 Å². The smallest absolute Gasteiger partial charge is 0.257 e. The summed E-state index contributed by atoms with van der Waals surface area (Å²) in [7, 11) is 0. The number of benzene rings is 1. The number of rotatable bonds is 4. The van der Waals surface area contributed by atoms with E-state index in [1.807, 2.05) is 40.0 Å². The molecule has 0 unspecified atom stereocenters. The van der Waals surface area contributed by atoms with E-state index in [-0.39, 0.29) is 5.91 Å². The third kappa shape index (κ3) is 3.14. The van der Waals surface area contributed by atoms with Crippen LogP contribution in [0.15, 0.2) is 46.3 Å². The van der Waals surface area contributed by atoms with E-state index in [4.69, 9.17) is 4.42 Å². The number of thioether (sulfide) groups is 1. The molecule has 0 aliphatic carbocycles. The van der Waals surface area contributed by atoms with Gasteiger partial charge in [0, 0.05) is 19.3 Å². The lowest BCUT2D eigenvalue weighted by Crippen LogP contribution is -2.40. The highest BCUT2D eigenvalue weighted by atomic mass is 32.2. The van der Waals surface area contributed by atoms with Gasteiger partial charge in [0.2, 0.25) is 5.91 Å². The van der Waals surface area contributed by atoms with Crippen molar-refractivity contribution in [1.29, 1.82) is 0 Å². The van der Waals surface area contributed by atoms with Gasteiger partial charge in [0.1, 0.15) is 5.52 Å². The van der Waals surface area contributed by atoms with Crippen LogP contribution >= 0.6 is 11.8 Å². The van der Waals surface area contributed by atoms with Crippen molar-refractivity contribution in [2.45, 2.75) is 24.1 Å². The van der Waals surface area contributed by atoms with Crippen LogP contribution in [-0.4, -0.2) is 49.6 Å². The Hall–Kier alpha value is -2.35. The first-order chi connectivity index (χ1) is 11.8. The fraction of sp³-hybridized carbons (Fsp3) is 0.375. The summed E-state index contributed by atoms with van der Waals surface area (Å²) in [6.07, 6.45) is 5.38. The van der Waals surface area contributed by atoms with E-state index in [1.54, 1.807) is 6.20 Å². The number of aromatic nitrogens is 4. The van der Waals surface area contributed by atoms with Gasteiger partial charge in [-0.3, -0.25) is 4.79 Å². The molecule has 0 saturated carbocycles. The quantitative estimate of drug-likeness (QED) is 0.677. The van der Waals surface area contributed by atoms with Crippen LogP contribution in [0.5, 0.6) is 0 Å². The van der Waals surface area contributed by atoms with Crippen molar-refractivity contribution in [3.05, 3.63) is 36.7 Å². The molecule has 2 aromatic heterocycles. The number of likely N-dealkylation sites (tertiary alicyclic amines) is 1. The van der Waals surface area contributed by atoms with Gasteiger partial charge >= 0.3 is 0 Å². The Morgan fingerprint density at radius 3 is 2.88 bits per heavy atom. The normalized spacial score (nSPS) is 15.9. The SMILES string of the molecule is O=C(CSc1nc2ccccc2o1)N1CCC(n2ccnn2)CC1. The molecule has 3 aromatic rings. The Morgan fingerprint density at radius 2 is 2.12 bits per heavy atom. The number of hydrogen-bond donors (Lipinski definition) is 0. The number of hydrogen-bond acceptors (Lipinski definition) is 6. The monoisotopic (exact) mass is 343 g/mol. The van der Waals surface area contributed by atoms with Crippen LogP contribution < -0.4 is 0 Å². The van der Waals surface area contributed by atoms with Crippen molar-refractivity contribution in [2.75, 3.05) is 18.8 Å². The maximum atomic E-state index is 12.4. The van der Waals surface area contributed by atoms with Crippen molar-refractivity contribution in [3.8, 4) is 0 Å². The van der Waals surface area contributed by atoms with Gasteiger partial charge in [0.25, 0.3) is 5.22 Å². The number of piperidine rings is 1. The van der Waals surface area contributed by atoms with Crippen LogP contribution in [-0.2, 0) is 4.79 Å². The van der Waals surface area contributed by atoms with E-state index in [2.05, 4.69) is 15.3 Å². The van der Waals surface area contributed by atoms with Gasteiger partial charge in [-0.15, -0.1) is 5.10 Å². The summed E-state index contributed by atoms with van der Waals surface area (Å²) in [5.74, 6) is 0.472. The third-order valence-electron chi connectivity index (χ3n) is 4.23. The summed E-state index contributed by atoms with van der Waals surface area (Å²) >= 11 is 1.35. The van der Waals surface area contributed by atoms with Crippen molar-refractivity contribution < 1.29 is 9.21 Å². The number of amides is 1. The highest BCUT2D eigenvalue weighted by Crippen LogP contribution is 2.25. The second-order valence-corrected chi connectivity index (χ2v) is 6.66. The van der Waals surface area contributed by atoms with Crippen molar-refractivity contribution >= 4 is 28.8 Å². The maximum absolute atomic E-state index is 12.4. The van der Waals surface area contributed by atoms with Gasteiger partial charge in [-0.2, -0.15) is 0 Å². The van der Waals surface area contributed by atoms with Gasteiger partial charge in [0.05, 0.1) is 18.0 Å². The molecule has 7 nitrogen and oxygen atoms in total. The zero-order valence-corrected chi connectivity index (χ0v) is 13.9. The Bertz CT molecular complexity index is 791. The molecule has 1 fully saturated rings. The summed E-state index contributed by atoms with van der Waals surface area (Å²) in [6, 6.07) is 7.94. The first kappa shape index (κ1) is 15.2. The molecule has 0 bridgehead atoms. The van der Waals surface area contributed by atoms with E-state index in [9.17, 15) is 4.79 Å². The van der Waals surface area contributed by atoms with Crippen LogP contribution in [0.1, 0.15) is 18.9 Å². The summed E-state index contributed by atoms with van der Waals surface area (Å²) in [4.78, 5) is 18.7. The predicted octanol–water partition coefficient (Wildman–Crippen LogP) is 2.38. The highest BCUT2D eigenvalue weighted by Gasteiger charge is 2.24. The van der Waals surface area contributed by atoms with Gasteiger partial charge in [-0.05, 0) is 25.0 Å². The van der Waals surface area contributed by atoms with Crippen molar-refractivity contribution in [1.82, 2.24) is 24.9 Å². The summed E-state index contributed by atoms with van der Waals surface area (Å²) in [5.41, 5.74) is 1.57. The molecular formula is C16H17N5O2S. The lowest BCUT2D eigenvalue weighted by Gasteiger charge is -2.31. The van der Waals surface area contributed by atoms with Gasteiger partial charge in [0.15, 0.2) is 5.58 Å². The number of fused-ring (bicyclic) bond motifs is 1. The third-order valence-corrected chi connectivity index (χ3v) is 5.04. The summed E-state index contributed by atoms with van der Waals surface area (Å²) < 4.78 is 7.52. The predicted molar refractivity (Wildman–Crippen MR) is 89.6 cm³/mol. The Balaban J connectivity index is 1.30. The number of oxazole rings is 1. The lowest BCUT2D eigenvalue weighted by molar-refractivity contribution is -0.129. The summed E-state index contributed by atoms with van der Waals surface area (Å²) in [6.45, 7) is 1.49. The lowest BCUT2D eigenvalue weighted by atomic mass is 10.1. The first-order valence-electron chi connectivity index (χ1n) is 7.91. The minimum Gasteiger partial charge on any atom is -0.431 e. The van der Waals surface area contributed by atoms with Crippen molar-refractivity contribution in [3.63, 3.8) is 0 Å². The van der Waals surface area contributed by atoms with E-state index in [0.29, 0.717) is 17.0 Å². The molecule has 8 heteroatoms. The topological polar surface area (TPSA) is 77.0 Å². The van der Waals surface area contributed by atoms with Crippen LogP contribution in [0, 0.1) is 0 Å². The number of para-hydroxylation sites is 2. The van der Waals surface area contributed by atoms with Gasteiger partial charge < -0.3 is 9.32 Å². The van der Waals surface area contributed by atoms with Crippen LogP contribution in [0.25, 0.3) is 11.1 Å². The molecule has 1 aromatic carbocycles. The molecular weight excluding hydrogens is 326 g/mol. The second kappa shape index (κ2) is 6.64. The first-order valence-corrected chi connectivity index (χ1v) is 8.90. The van der Waals surface area contributed by atoms with E-state index < -0.39 is 0 Å². The number of carbonyl (C=O) groups is 1. The van der Waals surface area contributed by atoms with E-state index >= 15 is 0 Å². The average molecular weight is 343 g/mol. The molecule has 24 heavy (non-hydrogen) atoms. The molecule has 0 radical (unpaired) electrons. The van der Waals surface area contributed by atoms with E-state index in [0.717, 1.165) is 37.0 Å². The largest absolute Gasteiger partial charge is 0.431 e. The maximum Gasteiger partial charge on any atom is 0.257 e. The number of carbonyl (C=O) groups excluding carboxylic acids is 1. The zero-order valence-electron chi connectivity index (χ0n) is 13.0. The molecule has 0 N–H and O–H groups in total. The fourth-order valence-electron chi connectivity index (χ4n) is 2.92. The van der Waals surface area contributed by atoms with Crippen LogP contribution in [0.4, 0.5) is 0 Å². The van der Waals surface area contributed by atoms with Crippen molar-refractivity contribution in [2.24, 2.45) is 0 Å². The molecule has 1 aliphatic heterocycles. The fourth-order valence-corrected chi connectivity index (χ4v) is 3.66. The second-order valence-electron chi connectivity index (χ2n) is 5.73. The molecule has 0 spiro atoms. The molecule has 1 amide bonds. The molecule has 0 atom stereocenters. The molecule has 3 heterocycles. The van der Waals surface area contributed by atoms with Gasteiger partial charge in [-0.1, -0.05) is 29.1 Å². The highest BCUT2D eigenvalue weighted by molar-refractivity contribution is 7.99. The molecule has 4 rings (SSSR count). The Labute approximate surface area is 143 Å². The standard InChI is InChI=1S/C16H17N5O2S/c22-15(11-24-16-18-13-3-1-2-4-14(13)23-16)20-8-5-12(6-9-20)21-10-7-17-19-21/h1-4,7,10,12H,5-6,8-9,11H2. The average Bonchev–Trinajstić information content (AvgIpc) is 3.29. The van der Waals surface area contributed by atoms with Crippen LogP contribution in [0.3, 0.4) is 0 Å². The Morgan fingerprint density at radius 1 is 1.29 bits per heavy atom. The molecule has 1 aliphatic rings. The number of nitrogens with zero attached hydrogens (tertiary/aromatic N) is 5. The minimum atomic E-state index is 0.124.